The zero-order valence-electron chi connectivity index (χ0n) is 11.0. The van der Waals surface area contributed by atoms with E-state index in [0.717, 1.165) is 18.2 Å². The molecule has 1 aliphatic heterocycles. The van der Waals surface area contributed by atoms with Gasteiger partial charge in [-0.25, -0.2) is 4.39 Å². The Morgan fingerprint density at radius 2 is 2.25 bits per heavy atom. The van der Waals surface area contributed by atoms with Gasteiger partial charge in [0.25, 0.3) is 11.6 Å². The molecule has 108 valence electrons. The molecule has 2 rings (SSSR count). The van der Waals surface area contributed by atoms with Crippen LogP contribution in [-0.4, -0.2) is 40.0 Å². The van der Waals surface area contributed by atoms with E-state index in [0.29, 0.717) is 19.5 Å². The number of halogens is 1. The molecule has 1 N–H and O–H groups in total. The largest absolute Gasteiger partial charge is 0.393 e. The van der Waals surface area contributed by atoms with Gasteiger partial charge < -0.3 is 10.0 Å². The number of amides is 1. The van der Waals surface area contributed by atoms with E-state index >= 15 is 0 Å². The average Bonchev–Trinajstić information content (AvgIpc) is 2.41. The van der Waals surface area contributed by atoms with E-state index in [4.69, 9.17) is 0 Å². The van der Waals surface area contributed by atoms with Gasteiger partial charge >= 0.3 is 0 Å². The minimum absolute atomic E-state index is 0.0906. The number of hydrogen-bond donors (Lipinski definition) is 1. The van der Waals surface area contributed by atoms with Crippen molar-refractivity contribution in [3.8, 4) is 0 Å². The Bertz CT molecular complexity index is 549. The average molecular weight is 282 g/mol. The van der Waals surface area contributed by atoms with Gasteiger partial charge in [0.15, 0.2) is 0 Å². The summed E-state index contributed by atoms with van der Waals surface area (Å²) in [5.74, 6) is -1.35. The predicted molar refractivity (Wildman–Crippen MR) is 68.7 cm³/mol. The molecule has 1 aromatic carbocycles. The molecule has 0 aromatic heterocycles. The summed E-state index contributed by atoms with van der Waals surface area (Å²) in [4.78, 5) is 23.9. The smallest absolute Gasteiger partial charge is 0.285 e. The summed E-state index contributed by atoms with van der Waals surface area (Å²) in [5, 5.41) is 20.5. The lowest BCUT2D eigenvalue weighted by Crippen LogP contribution is -2.45. The first-order chi connectivity index (χ1) is 9.40. The van der Waals surface area contributed by atoms with E-state index in [-0.39, 0.29) is 11.5 Å². The standard InChI is InChI=1S/C13H15FN2O4/c1-8-7-15(5-4-12(8)17)13(18)10-3-2-9(14)6-11(10)16(19)20/h2-3,6,8,12,17H,4-5,7H2,1H3. The van der Waals surface area contributed by atoms with Crippen molar-refractivity contribution in [1.29, 1.82) is 0 Å². The van der Waals surface area contributed by atoms with Crippen LogP contribution in [0.2, 0.25) is 0 Å². The highest BCUT2D eigenvalue weighted by molar-refractivity contribution is 5.98. The summed E-state index contributed by atoms with van der Waals surface area (Å²) in [6, 6.07) is 2.91. The Hall–Kier alpha value is -2.02. The van der Waals surface area contributed by atoms with Crippen LogP contribution in [0.4, 0.5) is 10.1 Å². The number of nitro groups is 1. The summed E-state index contributed by atoms with van der Waals surface area (Å²) in [6.07, 6.45) is -0.0377. The third-order valence-corrected chi connectivity index (χ3v) is 3.53. The quantitative estimate of drug-likeness (QED) is 0.659. The number of aliphatic hydroxyl groups is 1. The van der Waals surface area contributed by atoms with E-state index in [2.05, 4.69) is 0 Å². The molecule has 6 nitrogen and oxygen atoms in total. The first kappa shape index (κ1) is 14.4. The molecule has 1 aliphatic rings. The molecule has 2 atom stereocenters. The maximum atomic E-state index is 13.1. The molecule has 1 aromatic rings. The Kier molecular flexibility index (Phi) is 3.99. The van der Waals surface area contributed by atoms with Gasteiger partial charge in [0.05, 0.1) is 17.1 Å². The summed E-state index contributed by atoms with van der Waals surface area (Å²) in [6.45, 7) is 2.47. The van der Waals surface area contributed by atoms with Gasteiger partial charge in [-0.15, -0.1) is 0 Å². The molecule has 0 bridgehead atoms. The molecular weight excluding hydrogens is 267 g/mol. The third kappa shape index (κ3) is 2.77. The van der Waals surface area contributed by atoms with Crippen molar-refractivity contribution in [3.63, 3.8) is 0 Å². The number of hydrogen-bond acceptors (Lipinski definition) is 4. The fourth-order valence-corrected chi connectivity index (χ4v) is 2.32. The Balaban J connectivity index is 2.27. The van der Waals surface area contributed by atoms with Gasteiger partial charge in [-0.1, -0.05) is 6.92 Å². The molecule has 0 radical (unpaired) electrons. The van der Waals surface area contributed by atoms with Crippen LogP contribution in [0.1, 0.15) is 23.7 Å². The zero-order chi connectivity index (χ0) is 14.9. The summed E-state index contributed by atoms with van der Waals surface area (Å²) >= 11 is 0. The Labute approximate surface area is 115 Å². The van der Waals surface area contributed by atoms with Crippen molar-refractivity contribution < 1.29 is 19.2 Å². The normalized spacial score (nSPS) is 22.6. The van der Waals surface area contributed by atoms with E-state index in [1.165, 1.54) is 4.90 Å². The van der Waals surface area contributed by atoms with Gasteiger partial charge in [0.1, 0.15) is 11.4 Å². The van der Waals surface area contributed by atoms with Crippen LogP contribution in [0, 0.1) is 21.8 Å². The van der Waals surface area contributed by atoms with E-state index < -0.39 is 28.4 Å². The highest BCUT2D eigenvalue weighted by Gasteiger charge is 2.31. The van der Waals surface area contributed by atoms with Gasteiger partial charge in [-0.2, -0.15) is 0 Å². The van der Waals surface area contributed by atoms with Crippen LogP contribution in [0.25, 0.3) is 0 Å². The molecule has 1 saturated heterocycles. The highest BCUT2D eigenvalue weighted by atomic mass is 19.1. The second kappa shape index (κ2) is 5.54. The summed E-state index contributed by atoms with van der Waals surface area (Å²) in [7, 11) is 0. The number of likely N-dealkylation sites (tertiary alicyclic amines) is 1. The van der Waals surface area contributed by atoms with Crippen molar-refractivity contribution in [2.45, 2.75) is 19.4 Å². The fourth-order valence-electron chi connectivity index (χ4n) is 2.32. The zero-order valence-corrected chi connectivity index (χ0v) is 11.0. The van der Waals surface area contributed by atoms with Crippen LogP contribution in [0.3, 0.4) is 0 Å². The summed E-state index contributed by atoms with van der Waals surface area (Å²) < 4.78 is 13.1. The number of rotatable bonds is 2. The number of carbonyl (C=O) groups is 1. The van der Waals surface area contributed by atoms with Gasteiger partial charge in [-0.3, -0.25) is 14.9 Å². The van der Waals surface area contributed by atoms with Gasteiger partial charge in [0, 0.05) is 13.1 Å². The van der Waals surface area contributed by atoms with Crippen molar-refractivity contribution in [1.82, 2.24) is 4.90 Å². The van der Waals surface area contributed by atoms with Crippen molar-refractivity contribution in [2.24, 2.45) is 5.92 Å². The highest BCUT2D eigenvalue weighted by Crippen LogP contribution is 2.24. The minimum Gasteiger partial charge on any atom is -0.393 e. The lowest BCUT2D eigenvalue weighted by molar-refractivity contribution is -0.385. The molecule has 1 heterocycles. The molecule has 0 aliphatic carbocycles. The fraction of sp³-hybridized carbons (Fsp3) is 0.462. The van der Waals surface area contributed by atoms with Crippen LogP contribution in [-0.2, 0) is 0 Å². The SMILES string of the molecule is CC1CN(C(=O)c2ccc(F)cc2[N+](=O)[O-])CCC1O. The maximum absolute atomic E-state index is 13.1. The first-order valence-electron chi connectivity index (χ1n) is 6.31. The van der Waals surface area contributed by atoms with Crippen LogP contribution < -0.4 is 0 Å². The van der Waals surface area contributed by atoms with E-state index in [1.807, 2.05) is 6.92 Å². The molecule has 1 fully saturated rings. The molecule has 20 heavy (non-hydrogen) atoms. The van der Waals surface area contributed by atoms with Crippen molar-refractivity contribution in [3.05, 3.63) is 39.7 Å². The first-order valence-corrected chi connectivity index (χ1v) is 6.31. The monoisotopic (exact) mass is 282 g/mol. The second-order valence-electron chi connectivity index (χ2n) is 5.00. The molecule has 2 unspecified atom stereocenters. The number of benzene rings is 1. The Morgan fingerprint density at radius 3 is 2.85 bits per heavy atom. The van der Waals surface area contributed by atoms with Crippen LogP contribution in [0.5, 0.6) is 0 Å². The number of carbonyl (C=O) groups excluding carboxylic acids is 1. The number of aliphatic hydroxyl groups excluding tert-OH is 1. The number of piperidine rings is 1. The lowest BCUT2D eigenvalue weighted by atomic mass is 9.96. The minimum atomic E-state index is -0.765. The van der Waals surface area contributed by atoms with E-state index in [9.17, 15) is 24.4 Å². The van der Waals surface area contributed by atoms with Gasteiger partial charge in [0.2, 0.25) is 0 Å². The summed E-state index contributed by atoms with van der Waals surface area (Å²) in [5.41, 5.74) is -0.659. The van der Waals surface area contributed by atoms with Crippen LogP contribution >= 0.6 is 0 Å². The predicted octanol–water partition coefficient (Wildman–Crippen LogP) is 1.58. The van der Waals surface area contributed by atoms with E-state index in [1.54, 1.807) is 0 Å². The topological polar surface area (TPSA) is 83.7 Å². The third-order valence-electron chi connectivity index (χ3n) is 3.53. The lowest BCUT2D eigenvalue weighted by Gasteiger charge is -2.34. The second-order valence-corrected chi connectivity index (χ2v) is 5.00. The molecule has 0 spiro atoms. The maximum Gasteiger partial charge on any atom is 0.285 e. The Morgan fingerprint density at radius 1 is 1.55 bits per heavy atom. The number of nitro benzene ring substituents is 1. The molecule has 0 saturated carbocycles. The molecule has 7 heteroatoms. The van der Waals surface area contributed by atoms with Crippen molar-refractivity contribution >= 4 is 11.6 Å². The van der Waals surface area contributed by atoms with Crippen LogP contribution in [0.15, 0.2) is 18.2 Å². The van der Waals surface area contributed by atoms with Crippen molar-refractivity contribution in [2.75, 3.05) is 13.1 Å². The number of nitrogens with zero attached hydrogens (tertiary/aromatic N) is 2. The van der Waals surface area contributed by atoms with Gasteiger partial charge in [-0.05, 0) is 24.5 Å². The molecule has 1 amide bonds. The molecular formula is C13H15FN2O4.